The van der Waals surface area contributed by atoms with Crippen LogP contribution in [0.4, 0.5) is 4.39 Å². The average molecular weight is 314 g/mol. The summed E-state index contributed by atoms with van der Waals surface area (Å²) in [5, 5.41) is 3.27. The summed E-state index contributed by atoms with van der Waals surface area (Å²) in [5.41, 5.74) is 0.378. The Morgan fingerprint density at radius 2 is 2.00 bits per heavy atom. The lowest BCUT2D eigenvalue weighted by Crippen LogP contribution is -2.32. The van der Waals surface area contributed by atoms with Gasteiger partial charge >= 0.3 is 0 Å². The van der Waals surface area contributed by atoms with Crippen molar-refractivity contribution in [3.05, 3.63) is 35.6 Å². The normalized spacial score (nSPS) is 18.6. The fourth-order valence-corrected chi connectivity index (χ4v) is 4.14. The molecule has 1 unspecified atom stereocenters. The highest BCUT2D eigenvalue weighted by molar-refractivity contribution is 7.89. The average Bonchev–Trinajstić information content (AvgIpc) is 2.46. The molecule has 4 nitrogen and oxygen atoms in total. The predicted octanol–water partition coefficient (Wildman–Crippen LogP) is 2.20. The van der Waals surface area contributed by atoms with Crippen molar-refractivity contribution in [1.29, 1.82) is 0 Å². The zero-order chi connectivity index (χ0) is 15.3. The summed E-state index contributed by atoms with van der Waals surface area (Å²) in [7, 11) is -3.38. The number of nitrogens with one attached hydrogen (secondary N) is 2. The van der Waals surface area contributed by atoms with E-state index in [1.165, 1.54) is 6.07 Å². The number of hydrogen-bond acceptors (Lipinski definition) is 3. The molecule has 0 aliphatic carbocycles. The van der Waals surface area contributed by atoms with Gasteiger partial charge in [-0.15, -0.1) is 0 Å². The van der Waals surface area contributed by atoms with Gasteiger partial charge in [-0.2, -0.15) is 0 Å². The van der Waals surface area contributed by atoms with E-state index in [1.807, 2.05) is 0 Å². The van der Waals surface area contributed by atoms with Gasteiger partial charge in [-0.05, 0) is 51.3 Å². The second kappa shape index (κ2) is 7.33. The molecule has 6 heteroatoms. The monoisotopic (exact) mass is 314 g/mol. The largest absolute Gasteiger partial charge is 0.317 e. The minimum absolute atomic E-state index is 0.108. The molecule has 0 aromatic heterocycles. The van der Waals surface area contributed by atoms with Gasteiger partial charge in [0.25, 0.3) is 0 Å². The van der Waals surface area contributed by atoms with Crippen LogP contribution in [0, 0.1) is 11.7 Å². The van der Waals surface area contributed by atoms with Gasteiger partial charge in [0.05, 0.1) is 5.75 Å². The highest BCUT2D eigenvalue weighted by Gasteiger charge is 2.21. The smallest absolute Gasteiger partial charge is 0.212 e. The molecule has 1 aliphatic heterocycles. The van der Waals surface area contributed by atoms with Gasteiger partial charge in [0.15, 0.2) is 0 Å². The number of piperidine rings is 1. The lowest BCUT2D eigenvalue weighted by atomic mass is 9.96. The third-order valence-electron chi connectivity index (χ3n) is 3.98. The van der Waals surface area contributed by atoms with Crippen LogP contribution in [-0.4, -0.2) is 27.3 Å². The number of benzene rings is 1. The third kappa shape index (κ3) is 5.05. The summed E-state index contributed by atoms with van der Waals surface area (Å²) in [5.74, 6) is 0.189. The molecule has 0 saturated carbocycles. The van der Waals surface area contributed by atoms with Crippen molar-refractivity contribution in [2.24, 2.45) is 5.92 Å². The molecular weight excluding hydrogens is 291 g/mol. The second-order valence-electron chi connectivity index (χ2n) is 5.66. The molecular formula is C15H23FN2O2S. The summed E-state index contributed by atoms with van der Waals surface area (Å²) in [6.45, 7) is 3.59. The number of rotatable bonds is 6. The summed E-state index contributed by atoms with van der Waals surface area (Å²) >= 11 is 0. The Balaban J connectivity index is 1.89. The van der Waals surface area contributed by atoms with Crippen LogP contribution in [0.5, 0.6) is 0 Å². The van der Waals surface area contributed by atoms with Gasteiger partial charge in [0, 0.05) is 11.6 Å². The van der Waals surface area contributed by atoms with Crippen molar-refractivity contribution < 1.29 is 12.8 Å². The molecule has 0 amide bonds. The molecule has 118 valence electrons. The molecule has 1 atom stereocenters. The lowest BCUT2D eigenvalue weighted by molar-refractivity contribution is 0.365. The van der Waals surface area contributed by atoms with Gasteiger partial charge in [-0.25, -0.2) is 17.5 Å². The molecule has 1 aromatic carbocycles. The van der Waals surface area contributed by atoms with Crippen molar-refractivity contribution in [2.75, 3.05) is 18.8 Å². The quantitative estimate of drug-likeness (QED) is 0.846. The van der Waals surface area contributed by atoms with E-state index in [-0.39, 0.29) is 11.6 Å². The Hall–Kier alpha value is -0.980. The maximum Gasteiger partial charge on any atom is 0.212 e. The van der Waals surface area contributed by atoms with Crippen molar-refractivity contribution in [3.8, 4) is 0 Å². The zero-order valence-electron chi connectivity index (χ0n) is 12.3. The first kappa shape index (κ1) is 16.4. The molecule has 1 aromatic rings. The lowest BCUT2D eigenvalue weighted by Gasteiger charge is -2.23. The van der Waals surface area contributed by atoms with Gasteiger partial charge in [-0.3, -0.25) is 0 Å². The predicted molar refractivity (Wildman–Crippen MR) is 81.9 cm³/mol. The summed E-state index contributed by atoms with van der Waals surface area (Å²) < 4.78 is 40.5. The molecule has 2 N–H and O–H groups in total. The Morgan fingerprint density at radius 3 is 2.67 bits per heavy atom. The van der Waals surface area contributed by atoms with Gasteiger partial charge in [0.1, 0.15) is 5.82 Å². The van der Waals surface area contributed by atoms with Crippen LogP contribution in [0.1, 0.15) is 37.8 Å². The standard InChI is InChI=1S/C15H23FN2O2S/c1-12(14-4-2-3-5-15(14)16)18-21(19,20)11-8-13-6-9-17-10-7-13/h2-5,12-13,17-18H,6-11H2,1H3. The fourth-order valence-electron chi connectivity index (χ4n) is 2.71. The topological polar surface area (TPSA) is 58.2 Å². The fraction of sp³-hybridized carbons (Fsp3) is 0.600. The zero-order valence-corrected chi connectivity index (χ0v) is 13.1. The van der Waals surface area contributed by atoms with Crippen molar-refractivity contribution in [3.63, 3.8) is 0 Å². The van der Waals surface area contributed by atoms with Crippen LogP contribution in [0.15, 0.2) is 24.3 Å². The van der Waals surface area contributed by atoms with Crippen molar-refractivity contribution in [1.82, 2.24) is 10.0 Å². The molecule has 1 heterocycles. The first-order valence-corrected chi connectivity index (χ1v) is 9.08. The van der Waals surface area contributed by atoms with E-state index in [0.717, 1.165) is 25.9 Å². The van der Waals surface area contributed by atoms with E-state index in [9.17, 15) is 12.8 Å². The molecule has 21 heavy (non-hydrogen) atoms. The number of halogens is 1. The van der Waals surface area contributed by atoms with E-state index in [4.69, 9.17) is 0 Å². The van der Waals surface area contributed by atoms with E-state index >= 15 is 0 Å². The van der Waals surface area contributed by atoms with Crippen LogP contribution in [0.3, 0.4) is 0 Å². The van der Waals surface area contributed by atoms with Crippen LogP contribution in [-0.2, 0) is 10.0 Å². The first-order valence-electron chi connectivity index (χ1n) is 7.43. The highest BCUT2D eigenvalue weighted by atomic mass is 32.2. The summed E-state index contributed by atoms with van der Waals surface area (Å²) in [4.78, 5) is 0. The van der Waals surface area contributed by atoms with Crippen LogP contribution in [0.2, 0.25) is 0 Å². The Bertz CT molecular complexity index is 557. The number of sulfonamides is 1. The van der Waals surface area contributed by atoms with Crippen LogP contribution in [0.25, 0.3) is 0 Å². The van der Waals surface area contributed by atoms with Crippen molar-refractivity contribution in [2.45, 2.75) is 32.2 Å². The van der Waals surface area contributed by atoms with E-state index < -0.39 is 16.1 Å². The maximum absolute atomic E-state index is 13.7. The molecule has 1 fully saturated rings. The maximum atomic E-state index is 13.7. The molecule has 1 saturated heterocycles. The summed E-state index contributed by atoms with van der Waals surface area (Å²) in [6, 6.07) is 5.70. The van der Waals surface area contributed by atoms with E-state index in [0.29, 0.717) is 17.9 Å². The van der Waals surface area contributed by atoms with Gasteiger partial charge < -0.3 is 5.32 Å². The Morgan fingerprint density at radius 1 is 1.33 bits per heavy atom. The highest BCUT2D eigenvalue weighted by Crippen LogP contribution is 2.19. The second-order valence-corrected chi connectivity index (χ2v) is 7.54. The minimum Gasteiger partial charge on any atom is -0.317 e. The molecule has 0 bridgehead atoms. The first-order chi connectivity index (χ1) is 9.98. The van der Waals surface area contributed by atoms with Gasteiger partial charge in [-0.1, -0.05) is 18.2 Å². The van der Waals surface area contributed by atoms with Gasteiger partial charge in [0.2, 0.25) is 10.0 Å². The molecule has 0 radical (unpaired) electrons. The Kier molecular flexibility index (Phi) is 5.72. The third-order valence-corrected chi connectivity index (χ3v) is 5.47. The molecule has 2 rings (SSSR count). The van der Waals surface area contributed by atoms with Crippen LogP contribution >= 0.6 is 0 Å². The van der Waals surface area contributed by atoms with E-state index in [2.05, 4.69) is 10.0 Å². The van der Waals surface area contributed by atoms with E-state index in [1.54, 1.807) is 25.1 Å². The molecule has 1 aliphatic rings. The van der Waals surface area contributed by atoms with Crippen LogP contribution < -0.4 is 10.0 Å². The van der Waals surface area contributed by atoms with Crippen molar-refractivity contribution >= 4 is 10.0 Å². The SMILES string of the molecule is CC(NS(=O)(=O)CCC1CCNCC1)c1ccccc1F. The minimum atomic E-state index is -3.38. The Labute approximate surface area is 126 Å². The number of hydrogen-bond donors (Lipinski definition) is 2. The summed E-state index contributed by atoms with van der Waals surface area (Å²) in [6.07, 6.45) is 2.72. The molecule has 0 spiro atoms.